The first-order chi connectivity index (χ1) is 15.2. The van der Waals surface area contributed by atoms with E-state index < -0.39 is 0 Å². The van der Waals surface area contributed by atoms with E-state index >= 15 is 0 Å². The Morgan fingerprint density at radius 2 is 1.31 bits per heavy atom. The lowest BCUT2D eigenvalue weighted by Gasteiger charge is -2.15. The van der Waals surface area contributed by atoms with Crippen LogP contribution in [0.5, 0.6) is 11.8 Å². The maximum Gasteiger partial charge on any atom is 0.225 e. The molecular formula is C27H27ClN2O2. The third-order valence-electron chi connectivity index (χ3n) is 5.05. The molecule has 0 amide bonds. The number of nitrogens with zero attached hydrogens (tertiary/aromatic N) is 1. The summed E-state index contributed by atoms with van der Waals surface area (Å²) in [6.45, 7) is 3.38. The van der Waals surface area contributed by atoms with Gasteiger partial charge in [0.2, 0.25) is 11.8 Å². The number of pyridine rings is 1. The average molecular weight is 447 g/mol. The third kappa shape index (κ3) is 5.88. The molecule has 0 saturated carbocycles. The van der Waals surface area contributed by atoms with Crippen LogP contribution in [0, 0.1) is 6.92 Å². The molecule has 0 aliphatic heterocycles. The van der Waals surface area contributed by atoms with Crippen LogP contribution in [0.1, 0.15) is 22.3 Å². The second-order valence-electron chi connectivity index (χ2n) is 7.42. The predicted octanol–water partition coefficient (Wildman–Crippen LogP) is 6.10. The summed E-state index contributed by atoms with van der Waals surface area (Å²) < 4.78 is 12.1. The van der Waals surface area contributed by atoms with Gasteiger partial charge in [0, 0.05) is 18.2 Å². The summed E-state index contributed by atoms with van der Waals surface area (Å²) in [5.41, 5.74) is 12.4. The Morgan fingerprint density at radius 1 is 0.719 bits per heavy atom. The number of halogens is 1. The molecule has 2 N–H and O–H groups in total. The third-order valence-corrected chi connectivity index (χ3v) is 5.05. The van der Waals surface area contributed by atoms with Crippen LogP contribution in [-0.2, 0) is 19.8 Å². The number of hydrogen-bond acceptors (Lipinski definition) is 4. The quantitative estimate of drug-likeness (QED) is 0.355. The monoisotopic (exact) mass is 446 g/mol. The first kappa shape index (κ1) is 23.3. The Bertz CT molecular complexity index is 1130. The predicted molar refractivity (Wildman–Crippen MR) is 131 cm³/mol. The zero-order chi connectivity index (χ0) is 21.5. The molecule has 0 radical (unpaired) electrons. The zero-order valence-electron chi connectivity index (χ0n) is 18.0. The summed E-state index contributed by atoms with van der Waals surface area (Å²) in [6.07, 6.45) is 0. The van der Waals surface area contributed by atoms with Crippen molar-refractivity contribution in [3.8, 4) is 22.9 Å². The minimum Gasteiger partial charge on any atom is -0.473 e. The van der Waals surface area contributed by atoms with Gasteiger partial charge in [-0.05, 0) is 35.2 Å². The van der Waals surface area contributed by atoms with E-state index in [1.165, 1.54) is 5.56 Å². The van der Waals surface area contributed by atoms with Gasteiger partial charge in [-0.25, -0.2) is 0 Å². The van der Waals surface area contributed by atoms with Gasteiger partial charge in [-0.2, -0.15) is 4.98 Å². The van der Waals surface area contributed by atoms with Gasteiger partial charge in [-0.15, -0.1) is 12.4 Å². The summed E-state index contributed by atoms with van der Waals surface area (Å²) in [4.78, 5) is 4.69. The average Bonchev–Trinajstić information content (AvgIpc) is 2.83. The van der Waals surface area contributed by atoms with Crippen LogP contribution < -0.4 is 15.2 Å². The fourth-order valence-electron chi connectivity index (χ4n) is 3.43. The normalized spacial score (nSPS) is 10.3. The van der Waals surface area contributed by atoms with Crippen LogP contribution in [0.15, 0.2) is 91.0 Å². The van der Waals surface area contributed by atoms with E-state index in [4.69, 9.17) is 20.2 Å². The van der Waals surface area contributed by atoms with Crippen molar-refractivity contribution in [3.63, 3.8) is 0 Å². The van der Waals surface area contributed by atoms with Gasteiger partial charge in [0.15, 0.2) is 0 Å². The zero-order valence-corrected chi connectivity index (χ0v) is 18.8. The Kier molecular flexibility index (Phi) is 8.26. The summed E-state index contributed by atoms with van der Waals surface area (Å²) in [5.74, 6) is 1.06. The highest BCUT2D eigenvalue weighted by Crippen LogP contribution is 2.34. The van der Waals surface area contributed by atoms with Crippen molar-refractivity contribution >= 4 is 12.4 Å². The molecule has 4 rings (SSSR count). The first-order valence-corrected chi connectivity index (χ1v) is 10.4. The molecule has 0 spiro atoms. The van der Waals surface area contributed by atoms with Crippen LogP contribution in [-0.4, -0.2) is 4.98 Å². The van der Waals surface area contributed by atoms with Crippen LogP contribution in [0.2, 0.25) is 0 Å². The Balaban J connectivity index is 0.00000289. The molecule has 0 aliphatic carbocycles. The number of benzene rings is 3. The van der Waals surface area contributed by atoms with Gasteiger partial charge >= 0.3 is 0 Å². The first-order valence-electron chi connectivity index (χ1n) is 10.4. The molecule has 0 unspecified atom stereocenters. The molecule has 4 nitrogen and oxygen atoms in total. The highest BCUT2D eigenvalue weighted by Gasteiger charge is 2.14. The van der Waals surface area contributed by atoms with Gasteiger partial charge in [0.05, 0.1) is 0 Å². The van der Waals surface area contributed by atoms with Gasteiger partial charge < -0.3 is 15.2 Å². The van der Waals surface area contributed by atoms with Crippen molar-refractivity contribution in [1.82, 2.24) is 4.98 Å². The van der Waals surface area contributed by atoms with E-state index in [2.05, 4.69) is 25.1 Å². The maximum absolute atomic E-state index is 6.17. The molecule has 3 aromatic carbocycles. The largest absolute Gasteiger partial charge is 0.473 e. The van der Waals surface area contributed by atoms with Crippen molar-refractivity contribution in [2.45, 2.75) is 26.7 Å². The van der Waals surface area contributed by atoms with E-state index in [1.807, 2.05) is 72.8 Å². The minimum absolute atomic E-state index is 0. The lowest BCUT2D eigenvalue weighted by molar-refractivity contribution is 0.268. The van der Waals surface area contributed by atoms with Gasteiger partial charge in [0.25, 0.3) is 0 Å². The highest BCUT2D eigenvalue weighted by molar-refractivity contribution is 5.85. The van der Waals surface area contributed by atoms with E-state index in [9.17, 15) is 0 Å². The molecule has 32 heavy (non-hydrogen) atoms. The molecular weight excluding hydrogens is 420 g/mol. The summed E-state index contributed by atoms with van der Waals surface area (Å²) >= 11 is 0. The molecule has 4 aromatic rings. The van der Waals surface area contributed by atoms with E-state index in [-0.39, 0.29) is 12.4 Å². The van der Waals surface area contributed by atoms with E-state index in [1.54, 1.807) is 0 Å². The molecule has 1 heterocycles. The summed E-state index contributed by atoms with van der Waals surface area (Å²) in [5, 5.41) is 0. The molecule has 1 aromatic heterocycles. The summed E-state index contributed by atoms with van der Waals surface area (Å²) in [6, 6.07) is 30.2. The Morgan fingerprint density at radius 3 is 1.94 bits per heavy atom. The van der Waals surface area contributed by atoms with Gasteiger partial charge in [-0.1, -0.05) is 84.4 Å². The van der Waals surface area contributed by atoms with Gasteiger partial charge in [0.1, 0.15) is 13.2 Å². The molecule has 164 valence electrons. The van der Waals surface area contributed by atoms with Crippen LogP contribution >= 0.6 is 12.4 Å². The summed E-state index contributed by atoms with van der Waals surface area (Å²) in [7, 11) is 0. The molecule has 0 saturated heterocycles. The minimum atomic E-state index is 0. The van der Waals surface area contributed by atoms with Crippen LogP contribution in [0.4, 0.5) is 0 Å². The van der Waals surface area contributed by atoms with Crippen LogP contribution in [0.3, 0.4) is 0 Å². The van der Waals surface area contributed by atoms with Crippen molar-refractivity contribution < 1.29 is 9.47 Å². The SMILES string of the molecule is Cc1ccc(-c2ccc(OCc3ccccc3)nc2OCc2ccccc2)c(CN)c1.Cl. The van der Waals surface area contributed by atoms with Crippen molar-refractivity contribution in [1.29, 1.82) is 0 Å². The molecule has 0 fully saturated rings. The van der Waals surface area contributed by atoms with Crippen molar-refractivity contribution in [2.75, 3.05) is 0 Å². The fraction of sp³-hybridized carbons (Fsp3) is 0.148. The van der Waals surface area contributed by atoms with E-state index in [0.717, 1.165) is 27.8 Å². The smallest absolute Gasteiger partial charge is 0.225 e. The standard InChI is InChI=1S/C27H26N2O2.ClH/c1-20-12-13-24(23(16-20)17-28)25-14-15-26(30-18-21-8-4-2-5-9-21)29-27(25)31-19-22-10-6-3-7-11-22;/h2-16H,17-19,28H2,1H3;1H. The lowest BCUT2D eigenvalue weighted by atomic mass is 9.98. The molecule has 0 aliphatic rings. The fourth-order valence-corrected chi connectivity index (χ4v) is 3.43. The van der Waals surface area contributed by atoms with Gasteiger partial charge in [-0.3, -0.25) is 0 Å². The second kappa shape index (κ2) is 11.3. The number of nitrogens with two attached hydrogens (primary N) is 1. The number of aromatic nitrogens is 1. The number of aryl methyl sites for hydroxylation is 1. The van der Waals surface area contributed by atoms with E-state index in [0.29, 0.717) is 31.5 Å². The number of ether oxygens (including phenoxy) is 2. The molecule has 0 bridgehead atoms. The Hall–Kier alpha value is -3.34. The number of rotatable bonds is 8. The Labute approximate surface area is 195 Å². The highest BCUT2D eigenvalue weighted by atomic mass is 35.5. The topological polar surface area (TPSA) is 57.4 Å². The van der Waals surface area contributed by atoms with Crippen LogP contribution in [0.25, 0.3) is 11.1 Å². The maximum atomic E-state index is 6.17. The molecule has 0 atom stereocenters. The number of hydrogen-bond donors (Lipinski definition) is 1. The lowest BCUT2D eigenvalue weighted by Crippen LogP contribution is -2.04. The second-order valence-corrected chi connectivity index (χ2v) is 7.42. The van der Waals surface area contributed by atoms with Crippen molar-refractivity contribution in [2.24, 2.45) is 5.73 Å². The van der Waals surface area contributed by atoms with Crippen molar-refractivity contribution in [3.05, 3.63) is 113 Å². The molecule has 5 heteroatoms.